The number of carbonyl (C=O) groups excluding carboxylic acids is 2. The Morgan fingerprint density at radius 3 is 2.61 bits per heavy atom. The van der Waals surface area contributed by atoms with Crippen LogP contribution >= 0.6 is 0 Å². The predicted octanol–water partition coefficient (Wildman–Crippen LogP) is -0.322. The number of carbonyl (C=O) groups is 2. The quantitative estimate of drug-likeness (QED) is 0.547. The Bertz CT molecular complexity index is 566. The van der Waals surface area contributed by atoms with Crippen LogP contribution in [0.3, 0.4) is 0 Å². The topological polar surface area (TPSA) is 71.9 Å². The second-order valence-electron chi connectivity index (χ2n) is 5.08. The van der Waals surface area contributed by atoms with Gasteiger partial charge in [-0.2, -0.15) is 0 Å². The lowest BCUT2D eigenvalue weighted by atomic mass is 10.3. The lowest BCUT2D eigenvalue weighted by Gasteiger charge is -2.18. The maximum absolute atomic E-state index is 12.2. The predicted molar refractivity (Wildman–Crippen MR) is 89.3 cm³/mol. The summed E-state index contributed by atoms with van der Waals surface area (Å²) in [5.74, 6) is 2.64. The molecule has 23 heavy (non-hydrogen) atoms. The number of amides is 2. The average Bonchev–Trinajstić information content (AvgIpc) is 2.53. The molecular formula is C17H24N3O3+. The maximum Gasteiger partial charge on any atom is 0.279 e. The normalized spacial score (nSPS) is 11.2. The summed E-state index contributed by atoms with van der Waals surface area (Å²) < 4.78 is 5.20. The van der Waals surface area contributed by atoms with Gasteiger partial charge in [0.15, 0.2) is 13.1 Å². The molecule has 1 unspecified atom stereocenters. The van der Waals surface area contributed by atoms with Crippen molar-refractivity contribution in [1.29, 1.82) is 0 Å². The zero-order valence-corrected chi connectivity index (χ0v) is 13.6. The number of methoxy groups -OCH3 is 1. The van der Waals surface area contributed by atoms with Gasteiger partial charge in [0.1, 0.15) is 5.75 Å². The molecule has 124 valence electrons. The molecular weight excluding hydrogens is 294 g/mol. The van der Waals surface area contributed by atoms with Crippen LogP contribution in [0.2, 0.25) is 0 Å². The van der Waals surface area contributed by atoms with Crippen molar-refractivity contribution >= 4 is 17.5 Å². The lowest BCUT2D eigenvalue weighted by molar-refractivity contribution is -0.883. The molecule has 1 aromatic rings. The summed E-state index contributed by atoms with van der Waals surface area (Å²) in [6.45, 7) is 3.36. The van der Waals surface area contributed by atoms with Crippen LogP contribution in [0.15, 0.2) is 24.3 Å². The molecule has 6 heteroatoms. The fraction of sp³-hybridized carbons (Fsp3) is 0.412. The molecule has 0 radical (unpaired) electrons. The highest BCUT2D eigenvalue weighted by Gasteiger charge is 2.18. The summed E-state index contributed by atoms with van der Waals surface area (Å²) >= 11 is 0. The van der Waals surface area contributed by atoms with Gasteiger partial charge < -0.3 is 20.3 Å². The molecule has 0 aromatic heterocycles. The van der Waals surface area contributed by atoms with Crippen molar-refractivity contribution in [2.45, 2.75) is 13.3 Å². The van der Waals surface area contributed by atoms with Crippen molar-refractivity contribution in [3.63, 3.8) is 0 Å². The summed E-state index contributed by atoms with van der Waals surface area (Å²) in [6, 6.07) is 7.20. The number of terminal acetylenes is 1. The third kappa shape index (κ3) is 6.85. The molecule has 6 nitrogen and oxygen atoms in total. The average molecular weight is 318 g/mol. The van der Waals surface area contributed by atoms with Crippen molar-refractivity contribution in [3.8, 4) is 18.1 Å². The first-order chi connectivity index (χ1) is 11.1. The second kappa shape index (κ2) is 10.2. The fourth-order valence-electron chi connectivity index (χ4n) is 2.20. The van der Waals surface area contributed by atoms with Crippen LogP contribution in [0, 0.1) is 12.3 Å². The van der Waals surface area contributed by atoms with Crippen molar-refractivity contribution in [1.82, 2.24) is 5.32 Å². The van der Waals surface area contributed by atoms with Crippen LogP contribution in [0.25, 0.3) is 0 Å². The Balaban J connectivity index is 2.60. The number of quaternary nitrogens is 1. The monoisotopic (exact) mass is 318 g/mol. The van der Waals surface area contributed by atoms with Crippen LogP contribution in [0.5, 0.6) is 5.75 Å². The van der Waals surface area contributed by atoms with Gasteiger partial charge in [0.2, 0.25) is 0 Å². The highest BCUT2D eigenvalue weighted by molar-refractivity contribution is 5.93. The minimum absolute atomic E-state index is 0.156. The van der Waals surface area contributed by atoms with E-state index >= 15 is 0 Å². The van der Waals surface area contributed by atoms with E-state index in [9.17, 15) is 9.59 Å². The van der Waals surface area contributed by atoms with Crippen LogP contribution < -0.4 is 20.3 Å². The number of rotatable bonds is 9. The summed E-state index contributed by atoms with van der Waals surface area (Å²) in [4.78, 5) is 24.8. The van der Waals surface area contributed by atoms with Crippen molar-refractivity contribution < 1.29 is 19.2 Å². The van der Waals surface area contributed by atoms with Crippen LogP contribution in [-0.2, 0) is 9.59 Å². The molecule has 3 N–H and O–H groups in total. The van der Waals surface area contributed by atoms with Gasteiger partial charge in [-0.1, -0.05) is 25.0 Å². The molecule has 2 amide bonds. The zero-order chi connectivity index (χ0) is 17.1. The van der Waals surface area contributed by atoms with Crippen molar-refractivity contribution in [2.75, 3.05) is 38.6 Å². The summed E-state index contributed by atoms with van der Waals surface area (Å²) in [5.41, 5.74) is 0.618. The smallest absolute Gasteiger partial charge is 0.279 e. The van der Waals surface area contributed by atoms with Gasteiger partial charge in [-0.05, 0) is 18.6 Å². The number of nitrogens with one attached hydrogen (secondary N) is 3. The Morgan fingerprint density at radius 1 is 1.26 bits per heavy atom. The molecule has 0 bridgehead atoms. The van der Waals surface area contributed by atoms with Crippen LogP contribution in [-0.4, -0.2) is 45.1 Å². The fourth-order valence-corrected chi connectivity index (χ4v) is 2.20. The van der Waals surface area contributed by atoms with Gasteiger partial charge in [0, 0.05) is 0 Å². The minimum Gasteiger partial charge on any atom is -0.495 e. The Morgan fingerprint density at radius 2 is 1.96 bits per heavy atom. The maximum atomic E-state index is 12.2. The van der Waals surface area contributed by atoms with Gasteiger partial charge in [-0.3, -0.25) is 9.59 Å². The number of hydrogen-bond donors (Lipinski definition) is 3. The van der Waals surface area contributed by atoms with Crippen molar-refractivity contribution in [3.05, 3.63) is 24.3 Å². The van der Waals surface area contributed by atoms with Crippen LogP contribution in [0.1, 0.15) is 13.3 Å². The van der Waals surface area contributed by atoms with Gasteiger partial charge in [0.25, 0.3) is 11.8 Å². The molecule has 0 aliphatic rings. The van der Waals surface area contributed by atoms with Gasteiger partial charge in [-0.25, -0.2) is 0 Å². The first kappa shape index (κ1) is 18.5. The van der Waals surface area contributed by atoms with Crippen molar-refractivity contribution in [2.24, 2.45) is 0 Å². The molecule has 0 saturated carbocycles. The molecule has 0 aliphatic heterocycles. The van der Waals surface area contributed by atoms with Gasteiger partial charge >= 0.3 is 0 Å². The first-order valence-electron chi connectivity index (χ1n) is 7.57. The molecule has 0 saturated heterocycles. The second-order valence-corrected chi connectivity index (χ2v) is 5.08. The Labute approximate surface area is 137 Å². The molecule has 0 heterocycles. The van der Waals surface area contributed by atoms with E-state index < -0.39 is 0 Å². The minimum atomic E-state index is -0.164. The van der Waals surface area contributed by atoms with E-state index in [1.54, 1.807) is 19.2 Å². The van der Waals surface area contributed by atoms with E-state index in [4.69, 9.17) is 11.2 Å². The number of anilines is 1. The Kier molecular flexibility index (Phi) is 8.25. The third-order valence-corrected chi connectivity index (χ3v) is 3.19. The van der Waals surface area contributed by atoms with E-state index in [1.165, 1.54) is 0 Å². The van der Waals surface area contributed by atoms with Gasteiger partial charge in [-0.15, -0.1) is 6.42 Å². The summed E-state index contributed by atoms with van der Waals surface area (Å²) in [5, 5.41) is 5.43. The first-order valence-corrected chi connectivity index (χ1v) is 7.57. The lowest BCUT2D eigenvalue weighted by Crippen LogP contribution is -3.14. The number of para-hydroxylation sites is 2. The molecule has 0 spiro atoms. The largest absolute Gasteiger partial charge is 0.495 e. The standard InChI is InChI=1S/C17H23N3O3/c1-4-10-18-16(21)12-20(11-5-2)13-17(22)19-14-8-6-7-9-15(14)23-3/h1,6-9H,5,10-13H2,2-3H3,(H,18,21)(H,19,22)/p+1. The zero-order valence-electron chi connectivity index (χ0n) is 13.6. The molecule has 0 aliphatic carbocycles. The van der Waals surface area contributed by atoms with E-state index in [-0.39, 0.29) is 31.4 Å². The molecule has 1 rings (SSSR count). The van der Waals surface area contributed by atoms with Gasteiger partial charge in [0.05, 0.1) is 25.9 Å². The summed E-state index contributed by atoms with van der Waals surface area (Å²) in [6.07, 6.45) is 5.99. The Hall–Kier alpha value is -2.52. The number of ether oxygens (including phenoxy) is 1. The molecule has 1 atom stereocenters. The molecule has 1 aromatic carbocycles. The SMILES string of the molecule is C#CCNC(=O)C[NH+](CCC)CC(=O)Nc1ccccc1OC. The van der Waals surface area contributed by atoms with E-state index in [1.807, 2.05) is 19.1 Å². The highest BCUT2D eigenvalue weighted by Crippen LogP contribution is 2.22. The third-order valence-electron chi connectivity index (χ3n) is 3.19. The highest BCUT2D eigenvalue weighted by atomic mass is 16.5. The molecule has 0 fully saturated rings. The van der Waals surface area contributed by atoms with Crippen LogP contribution in [0.4, 0.5) is 5.69 Å². The number of hydrogen-bond acceptors (Lipinski definition) is 3. The van der Waals surface area contributed by atoms with E-state index in [0.717, 1.165) is 17.9 Å². The summed E-state index contributed by atoms with van der Waals surface area (Å²) in [7, 11) is 1.55. The van der Waals surface area contributed by atoms with E-state index in [0.29, 0.717) is 11.4 Å². The number of benzene rings is 1. The van der Waals surface area contributed by atoms with E-state index in [2.05, 4.69) is 16.6 Å².